The quantitative estimate of drug-likeness (QED) is 0.420. The van der Waals surface area contributed by atoms with E-state index in [4.69, 9.17) is 5.73 Å². The molecule has 3 heterocycles. The number of carbonyl (C=O) groups is 1. The Balaban J connectivity index is 1.30. The molecule has 7 heteroatoms. The van der Waals surface area contributed by atoms with Gasteiger partial charge in [-0.25, -0.2) is 4.98 Å². The number of benzene rings is 2. The van der Waals surface area contributed by atoms with Crippen LogP contribution in [0.1, 0.15) is 32.7 Å². The number of nitrogens with two attached hydrogens (primary N) is 1. The molecule has 0 atom stereocenters. The van der Waals surface area contributed by atoms with Gasteiger partial charge in [0.05, 0.1) is 17.1 Å². The monoisotopic (exact) mass is 444 g/mol. The van der Waals surface area contributed by atoms with Crippen LogP contribution < -0.4 is 11.1 Å². The highest BCUT2D eigenvalue weighted by Gasteiger charge is 2.09. The summed E-state index contributed by atoms with van der Waals surface area (Å²) >= 11 is 0. The number of anilines is 1. The molecule has 5 rings (SSSR count). The van der Waals surface area contributed by atoms with E-state index in [1.807, 2.05) is 42.5 Å². The van der Waals surface area contributed by atoms with Gasteiger partial charge in [0.25, 0.3) is 5.91 Å². The van der Waals surface area contributed by atoms with Crippen LogP contribution in [0.5, 0.6) is 0 Å². The summed E-state index contributed by atoms with van der Waals surface area (Å²) in [5, 5.41) is 15.0. The maximum absolute atomic E-state index is 12.8. The van der Waals surface area contributed by atoms with E-state index in [1.165, 1.54) is 0 Å². The second-order valence-corrected chi connectivity index (χ2v) is 7.97. The molecule has 3 aromatic heterocycles. The van der Waals surface area contributed by atoms with Gasteiger partial charge in [-0.1, -0.05) is 18.2 Å². The summed E-state index contributed by atoms with van der Waals surface area (Å²) in [7, 11) is 0. The number of nitrogen functional groups attached to an aromatic ring is 1. The van der Waals surface area contributed by atoms with Gasteiger partial charge >= 0.3 is 0 Å². The third-order valence-corrected chi connectivity index (χ3v) is 5.70. The Morgan fingerprint density at radius 3 is 2.59 bits per heavy atom. The van der Waals surface area contributed by atoms with Crippen molar-refractivity contribution in [1.82, 2.24) is 20.3 Å². The first-order valence-electron chi connectivity index (χ1n) is 10.7. The fourth-order valence-corrected chi connectivity index (χ4v) is 3.97. The highest BCUT2D eigenvalue weighted by molar-refractivity contribution is 5.94. The van der Waals surface area contributed by atoms with Crippen LogP contribution in [0.2, 0.25) is 0 Å². The number of nitrogens with zero attached hydrogens (tertiary/aromatic N) is 4. The molecule has 0 radical (unpaired) electrons. The second-order valence-electron chi connectivity index (χ2n) is 7.97. The number of rotatable bonds is 5. The number of aromatic nitrogens is 3. The molecule has 0 spiro atoms. The van der Waals surface area contributed by atoms with Gasteiger partial charge in [-0.3, -0.25) is 14.8 Å². The Morgan fingerprint density at radius 1 is 0.882 bits per heavy atom. The fraction of sp³-hybridized carbons (Fsp3) is 0.0741. The van der Waals surface area contributed by atoms with E-state index in [-0.39, 0.29) is 5.91 Å². The van der Waals surface area contributed by atoms with E-state index < -0.39 is 0 Å². The Bertz CT molecular complexity index is 1590. The van der Waals surface area contributed by atoms with Crippen molar-refractivity contribution in [3.63, 3.8) is 0 Å². The lowest BCUT2D eigenvalue weighted by molar-refractivity contribution is 0.0950. The number of nitrogens with one attached hydrogen (secondary N) is 1. The van der Waals surface area contributed by atoms with Crippen LogP contribution in [0.4, 0.5) is 5.82 Å². The normalized spacial score (nSPS) is 10.8. The molecule has 164 valence electrons. The zero-order valence-electron chi connectivity index (χ0n) is 18.2. The Morgan fingerprint density at radius 2 is 1.71 bits per heavy atom. The first kappa shape index (κ1) is 21.0. The van der Waals surface area contributed by atoms with E-state index >= 15 is 0 Å². The highest BCUT2D eigenvalue weighted by atomic mass is 16.1. The topological polar surface area (TPSA) is 118 Å². The van der Waals surface area contributed by atoms with Crippen LogP contribution in [0.15, 0.2) is 79.3 Å². The van der Waals surface area contributed by atoms with Crippen molar-refractivity contribution in [2.75, 3.05) is 5.73 Å². The summed E-state index contributed by atoms with van der Waals surface area (Å²) in [5.74, 6) is 0.316. The van der Waals surface area contributed by atoms with Crippen LogP contribution in [0.3, 0.4) is 0 Å². The van der Waals surface area contributed by atoms with Crippen LogP contribution in [-0.2, 0) is 13.0 Å². The molecule has 34 heavy (non-hydrogen) atoms. The van der Waals surface area contributed by atoms with Gasteiger partial charge in [0.1, 0.15) is 5.82 Å². The summed E-state index contributed by atoms with van der Waals surface area (Å²) < 4.78 is 0. The van der Waals surface area contributed by atoms with Crippen molar-refractivity contribution in [2.24, 2.45) is 0 Å². The molecule has 0 bridgehead atoms. The van der Waals surface area contributed by atoms with Crippen molar-refractivity contribution in [1.29, 1.82) is 5.26 Å². The van der Waals surface area contributed by atoms with Crippen LogP contribution in [0.25, 0.3) is 21.7 Å². The predicted molar refractivity (Wildman–Crippen MR) is 131 cm³/mol. The summed E-state index contributed by atoms with van der Waals surface area (Å²) in [5.41, 5.74) is 10.5. The van der Waals surface area contributed by atoms with Crippen molar-refractivity contribution in [3.05, 3.63) is 107 Å². The molecule has 3 N–H and O–H groups in total. The van der Waals surface area contributed by atoms with E-state index in [1.54, 1.807) is 36.8 Å². The maximum atomic E-state index is 12.8. The molecule has 5 aromatic rings. The third kappa shape index (κ3) is 4.25. The van der Waals surface area contributed by atoms with Gasteiger partial charge in [-0.05, 0) is 59.0 Å². The lowest BCUT2D eigenvalue weighted by Gasteiger charge is -2.09. The average Bonchev–Trinajstić information content (AvgIpc) is 2.87. The van der Waals surface area contributed by atoms with Crippen molar-refractivity contribution in [2.45, 2.75) is 13.0 Å². The molecular weight excluding hydrogens is 424 g/mol. The van der Waals surface area contributed by atoms with Gasteiger partial charge in [0.15, 0.2) is 0 Å². The van der Waals surface area contributed by atoms with Gasteiger partial charge < -0.3 is 11.1 Å². The van der Waals surface area contributed by atoms with Crippen LogP contribution in [-0.4, -0.2) is 20.9 Å². The average molecular weight is 444 g/mol. The number of pyridine rings is 3. The van der Waals surface area contributed by atoms with Gasteiger partial charge in [0, 0.05) is 53.6 Å². The molecule has 7 nitrogen and oxygen atoms in total. The third-order valence-electron chi connectivity index (χ3n) is 5.70. The molecule has 0 fully saturated rings. The molecular formula is C27H20N6O. The molecule has 0 saturated carbocycles. The van der Waals surface area contributed by atoms with Gasteiger partial charge in [0.2, 0.25) is 0 Å². The largest absolute Gasteiger partial charge is 0.383 e. The lowest BCUT2D eigenvalue weighted by Crippen LogP contribution is -2.23. The highest BCUT2D eigenvalue weighted by Crippen LogP contribution is 2.21. The molecule has 0 unspecified atom stereocenters. The van der Waals surface area contributed by atoms with E-state index in [0.717, 1.165) is 38.5 Å². The first-order chi connectivity index (χ1) is 16.6. The summed E-state index contributed by atoms with van der Waals surface area (Å²) in [6.45, 7) is 0.392. The van der Waals surface area contributed by atoms with Crippen LogP contribution in [0, 0.1) is 11.3 Å². The number of fused-ring (bicyclic) bond motifs is 2. The smallest absolute Gasteiger partial charge is 0.251 e. The van der Waals surface area contributed by atoms with E-state index in [0.29, 0.717) is 29.9 Å². The SMILES string of the molecule is N#Cc1ccnc2ccc(Cc3cc(C(=O)NCc4ccc5c(N)nccc5c4)ccn3)cc12. The minimum atomic E-state index is -0.174. The first-order valence-corrected chi connectivity index (χ1v) is 10.7. The van der Waals surface area contributed by atoms with Gasteiger partial charge in [-0.15, -0.1) is 0 Å². The molecule has 1 amide bonds. The predicted octanol–water partition coefficient (Wildman–Crippen LogP) is 4.15. The maximum Gasteiger partial charge on any atom is 0.251 e. The minimum Gasteiger partial charge on any atom is -0.383 e. The van der Waals surface area contributed by atoms with Gasteiger partial charge in [-0.2, -0.15) is 5.26 Å². The molecule has 0 aliphatic rings. The molecule has 0 aliphatic heterocycles. The number of carbonyl (C=O) groups excluding carboxylic acids is 1. The fourth-order valence-electron chi connectivity index (χ4n) is 3.97. The number of hydrogen-bond acceptors (Lipinski definition) is 6. The van der Waals surface area contributed by atoms with Crippen molar-refractivity contribution < 1.29 is 4.79 Å². The Kier molecular flexibility index (Phi) is 5.55. The number of hydrogen-bond donors (Lipinski definition) is 2. The summed E-state index contributed by atoms with van der Waals surface area (Å²) in [6.07, 6.45) is 5.48. The van der Waals surface area contributed by atoms with Crippen molar-refractivity contribution >= 4 is 33.4 Å². The Hall–Kier alpha value is -4.83. The zero-order valence-corrected chi connectivity index (χ0v) is 18.2. The molecule has 0 saturated heterocycles. The van der Waals surface area contributed by atoms with E-state index in [2.05, 4.69) is 26.3 Å². The number of nitriles is 1. The zero-order chi connectivity index (χ0) is 23.5. The molecule has 2 aromatic carbocycles. The lowest BCUT2D eigenvalue weighted by atomic mass is 10.0. The second kappa shape index (κ2) is 8.96. The Labute approximate surface area is 195 Å². The molecule has 0 aliphatic carbocycles. The minimum absolute atomic E-state index is 0.174. The van der Waals surface area contributed by atoms with Crippen molar-refractivity contribution in [3.8, 4) is 6.07 Å². The standard InChI is InChI=1S/C27H20N6O/c28-15-21-7-9-31-25-4-2-17(13-24(21)25)12-22-14-20(6-8-30-22)27(34)33-16-18-1-3-23-19(11-18)5-10-32-26(23)29/h1-11,13-14H,12,16H2,(H2,29,32)(H,33,34). The summed E-state index contributed by atoms with van der Waals surface area (Å²) in [6, 6.07) is 21.0. The number of amides is 1. The van der Waals surface area contributed by atoms with E-state index in [9.17, 15) is 10.1 Å². The van der Waals surface area contributed by atoms with Crippen LogP contribution >= 0.6 is 0 Å². The summed E-state index contributed by atoms with van der Waals surface area (Å²) in [4.78, 5) is 25.6.